The number of benzene rings is 2. The van der Waals surface area contributed by atoms with Crippen molar-refractivity contribution in [2.45, 2.75) is 32.6 Å². The first-order valence-electron chi connectivity index (χ1n) is 8.70. The summed E-state index contributed by atoms with van der Waals surface area (Å²) in [4.78, 5) is 2.43. The average molecular weight is 309 g/mol. The Labute approximate surface area is 139 Å². The van der Waals surface area contributed by atoms with Gasteiger partial charge in [-0.1, -0.05) is 35.9 Å². The van der Waals surface area contributed by atoms with E-state index in [1.54, 1.807) is 6.07 Å². The molecule has 1 fully saturated rings. The third kappa shape index (κ3) is 3.94. The molecule has 23 heavy (non-hydrogen) atoms. The minimum absolute atomic E-state index is 0.377. The molecule has 122 valence electrons. The van der Waals surface area contributed by atoms with E-state index < -0.39 is 0 Å². The van der Waals surface area contributed by atoms with Crippen molar-refractivity contribution >= 4 is 0 Å². The molecule has 2 aromatic carbocycles. The van der Waals surface area contributed by atoms with Gasteiger partial charge in [0.1, 0.15) is 5.75 Å². The van der Waals surface area contributed by atoms with E-state index >= 15 is 0 Å². The van der Waals surface area contributed by atoms with Crippen LogP contribution < -0.4 is 0 Å². The summed E-state index contributed by atoms with van der Waals surface area (Å²) in [5.41, 5.74) is 4.68. The van der Waals surface area contributed by atoms with Crippen LogP contribution in [0.25, 0.3) is 11.1 Å². The lowest BCUT2D eigenvalue weighted by Gasteiger charge is -2.29. The smallest absolute Gasteiger partial charge is 0.123 e. The Morgan fingerprint density at radius 2 is 1.78 bits per heavy atom. The van der Waals surface area contributed by atoms with Gasteiger partial charge in [-0.2, -0.15) is 0 Å². The third-order valence-corrected chi connectivity index (χ3v) is 5.12. The molecule has 1 aliphatic rings. The first kappa shape index (κ1) is 16.1. The second-order valence-electron chi connectivity index (χ2n) is 6.96. The molecule has 0 radical (unpaired) electrons. The van der Waals surface area contributed by atoms with Crippen LogP contribution in [0.1, 0.15) is 30.4 Å². The van der Waals surface area contributed by atoms with Crippen LogP contribution in [0.15, 0.2) is 42.5 Å². The van der Waals surface area contributed by atoms with E-state index in [0.29, 0.717) is 5.75 Å². The topological polar surface area (TPSA) is 23.5 Å². The zero-order valence-electron chi connectivity index (χ0n) is 14.3. The zero-order valence-corrected chi connectivity index (χ0v) is 14.3. The molecule has 0 saturated carbocycles. The quantitative estimate of drug-likeness (QED) is 0.889. The molecule has 0 spiro atoms. The van der Waals surface area contributed by atoms with Gasteiger partial charge in [-0.25, -0.2) is 0 Å². The van der Waals surface area contributed by atoms with Gasteiger partial charge in [0, 0.05) is 5.56 Å². The Balaban J connectivity index is 1.77. The SMILES string of the molecule is Cc1ccc(O)c(-c2ccccc2CCC2CCN(C)CC2)c1. The molecule has 0 aliphatic carbocycles. The van der Waals surface area contributed by atoms with Crippen molar-refractivity contribution < 1.29 is 5.11 Å². The number of phenolic OH excluding ortho intramolecular Hbond substituents is 1. The molecule has 0 amide bonds. The summed E-state index contributed by atoms with van der Waals surface area (Å²) in [6.07, 6.45) is 4.97. The molecule has 2 heteroatoms. The van der Waals surface area contributed by atoms with Crippen molar-refractivity contribution in [3.63, 3.8) is 0 Å². The fraction of sp³-hybridized carbons (Fsp3) is 0.429. The number of nitrogens with zero attached hydrogens (tertiary/aromatic N) is 1. The van der Waals surface area contributed by atoms with Crippen LogP contribution in [-0.4, -0.2) is 30.1 Å². The van der Waals surface area contributed by atoms with Gasteiger partial charge in [0.2, 0.25) is 0 Å². The number of piperidine rings is 1. The monoisotopic (exact) mass is 309 g/mol. The van der Waals surface area contributed by atoms with Gasteiger partial charge in [0.15, 0.2) is 0 Å². The van der Waals surface area contributed by atoms with Gasteiger partial charge in [-0.05, 0) is 81.9 Å². The van der Waals surface area contributed by atoms with Crippen molar-refractivity contribution in [3.8, 4) is 16.9 Å². The number of hydrogen-bond acceptors (Lipinski definition) is 2. The second kappa shape index (κ2) is 7.18. The summed E-state index contributed by atoms with van der Waals surface area (Å²) >= 11 is 0. The molecule has 3 rings (SSSR count). The lowest BCUT2D eigenvalue weighted by atomic mass is 9.88. The van der Waals surface area contributed by atoms with E-state index in [0.717, 1.165) is 17.9 Å². The fourth-order valence-electron chi connectivity index (χ4n) is 3.58. The van der Waals surface area contributed by atoms with Crippen LogP contribution in [0.5, 0.6) is 5.75 Å². The van der Waals surface area contributed by atoms with Crippen LogP contribution >= 0.6 is 0 Å². The number of likely N-dealkylation sites (tertiary alicyclic amines) is 1. The van der Waals surface area contributed by atoms with Gasteiger partial charge in [-0.3, -0.25) is 0 Å². The molecule has 1 N–H and O–H groups in total. The molecule has 2 aromatic rings. The van der Waals surface area contributed by atoms with Gasteiger partial charge in [-0.15, -0.1) is 0 Å². The van der Waals surface area contributed by atoms with Gasteiger partial charge >= 0.3 is 0 Å². The van der Waals surface area contributed by atoms with E-state index in [-0.39, 0.29) is 0 Å². The minimum atomic E-state index is 0.377. The van der Waals surface area contributed by atoms with Crippen LogP contribution in [0.4, 0.5) is 0 Å². The Hall–Kier alpha value is -1.80. The average Bonchev–Trinajstić information content (AvgIpc) is 2.57. The summed E-state index contributed by atoms with van der Waals surface area (Å²) in [6, 6.07) is 14.4. The first-order valence-corrected chi connectivity index (χ1v) is 8.70. The van der Waals surface area contributed by atoms with Crippen molar-refractivity contribution in [2.75, 3.05) is 20.1 Å². The van der Waals surface area contributed by atoms with Gasteiger partial charge in [0.05, 0.1) is 0 Å². The van der Waals surface area contributed by atoms with E-state index in [1.165, 1.54) is 49.0 Å². The van der Waals surface area contributed by atoms with E-state index in [4.69, 9.17) is 0 Å². The maximum atomic E-state index is 10.3. The highest BCUT2D eigenvalue weighted by molar-refractivity contribution is 5.73. The minimum Gasteiger partial charge on any atom is -0.507 e. The second-order valence-corrected chi connectivity index (χ2v) is 6.96. The first-order chi connectivity index (χ1) is 11.1. The Morgan fingerprint density at radius 3 is 2.57 bits per heavy atom. The summed E-state index contributed by atoms with van der Waals surface area (Å²) < 4.78 is 0. The maximum Gasteiger partial charge on any atom is 0.123 e. The summed E-state index contributed by atoms with van der Waals surface area (Å²) in [5.74, 6) is 1.22. The van der Waals surface area contributed by atoms with Crippen LogP contribution in [0, 0.1) is 12.8 Å². The normalized spacial score (nSPS) is 16.6. The molecular weight excluding hydrogens is 282 g/mol. The van der Waals surface area contributed by atoms with Gasteiger partial charge in [0.25, 0.3) is 0 Å². The largest absolute Gasteiger partial charge is 0.507 e. The molecule has 0 atom stereocenters. The molecule has 1 saturated heterocycles. The highest BCUT2D eigenvalue weighted by atomic mass is 16.3. The number of aromatic hydroxyl groups is 1. The van der Waals surface area contributed by atoms with Crippen LogP contribution in [0.3, 0.4) is 0 Å². The summed E-state index contributed by atoms with van der Waals surface area (Å²) in [6.45, 7) is 4.53. The molecule has 1 aliphatic heterocycles. The summed E-state index contributed by atoms with van der Waals surface area (Å²) in [7, 11) is 2.21. The van der Waals surface area contributed by atoms with E-state index in [1.807, 2.05) is 6.07 Å². The van der Waals surface area contributed by atoms with Crippen molar-refractivity contribution in [1.29, 1.82) is 0 Å². The number of phenols is 1. The Bertz CT molecular complexity index is 657. The Morgan fingerprint density at radius 1 is 1.04 bits per heavy atom. The molecule has 0 unspecified atom stereocenters. The van der Waals surface area contributed by atoms with Crippen LogP contribution in [-0.2, 0) is 6.42 Å². The van der Waals surface area contributed by atoms with Crippen molar-refractivity contribution in [1.82, 2.24) is 4.90 Å². The van der Waals surface area contributed by atoms with E-state index in [9.17, 15) is 5.11 Å². The highest BCUT2D eigenvalue weighted by Gasteiger charge is 2.17. The number of aryl methyl sites for hydroxylation is 2. The molecule has 1 heterocycles. The lowest BCUT2D eigenvalue weighted by molar-refractivity contribution is 0.212. The van der Waals surface area contributed by atoms with Crippen LogP contribution in [0.2, 0.25) is 0 Å². The molecule has 0 aromatic heterocycles. The van der Waals surface area contributed by atoms with Crippen molar-refractivity contribution in [3.05, 3.63) is 53.6 Å². The standard InChI is InChI=1S/C21H27NO/c1-16-7-10-21(23)20(15-16)19-6-4-3-5-18(19)9-8-17-11-13-22(2)14-12-17/h3-7,10,15,17,23H,8-9,11-14H2,1-2H3. The maximum absolute atomic E-state index is 10.3. The predicted molar refractivity (Wildman–Crippen MR) is 96.8 cm³/mol. The molecule has 0 bridgehead atoms. The molecule has 2 nitrogen and oxygen atoms in total. The summed E-state index contributed by atoms with van der Waals surface area (Å²) in [5, 5.41) is 10.3. The Kier molecular flexibility index (Phi) is 5.02. The van der Waals surface area contributed by atoms with Gasteiger partial charge < -0.3 is 10.0 Å². The zero-order chi connectivity index (χ0) is 16.2. The predicted octanol–water partition coefficient (Wildman–Crippen LogP) is 4.64. The highest BCUT2D eigenvalue weighted by Crippen LogP contribution is 2.33. The fourth-order valence-corrected chi connectivity index (χ4v) is 3.58. The lowest BCUT2D eigenvalue weighted by Crippen LogP contribution is -2.30. The number of hydrogen-bond donors (Lipinski definition) is 1. The number of rotatable bonds is 4. The molecular formula is C21H27NO. The van der Waals surface area contributed by atoms with E-state index in [2.05, 4.69) is 49.2 Å². The van der Waals surface area contributed by atoms with Crippen molar-refractivity contribution in [2.24, 2.45) is 5.92 Å². The third-order valence-electron chi connectivity index (χ3n) is 5.12.